The maximum absolute atomic E-state index is 14.3. The molecule has 3 rings (SSSR count). The molecule has 1 fully saturated rings. The zero-order chi connectivity index (χ0) is 18.7. The molecule has 6 heteroatoms. The molecule has 1 saturated heterocycles. The van der Waals surface area contributed by atoms with E-state index in [0.29, 0.717) is 17.8 Å². The third kappa shape index (κ3) is 3.96. The van der Waals surface area contributed by atoms with Crippen molar-refractivity contribution in [2.75, 3.05) is 19.6 Å². The van der Waals surface area contributed by atoms with Gasteiger partial charge in [-0.15, -0.1) is 0 Å². The van der Waals surface area contributed by atoms with Crippen LogP contribution >= 0.6 is 0 Å². The molecule has 2 aromatic rings. The molecule has 2 heterocycles. The second kappa shape index (κ2) is 7.99. The number of nitrogens with zero attached hydrogens (tertiary/aromatic N) is 3. The lowest BCUT2D eigenvalue weighted by molar-refractivity contribution is 0.0927. The first-order valence-electron chi connectivity index (χ1n) is 9.28. The van der Waals surface area contributed by atoms with Gasteiger partial charge in [0.05, 0.1) is 11.7 Å². The predicted molar refractivity (Wildman–Crippen MR) is 99.6 cm³/mol. The van der Waals surface area contributed by atoms with Crippen LogP contribution in [0, 0.1) is 5.82 Å². The largest absolute Gasteiger partial charge is 0.349 e. The van der Waals surface area contributed by atoms with Crippen LogP contribution in [-0.2, 0) is 7.05 Å². The zero-order valence-electron chi connectivity index (χ0n) is 15.7. The van der Waals surface area contributed by atoms with Gasteiger partial charge in [0.1, 0.15) is 11.5 Å². The number of carbonyl (C=O) groups is 1. The SMILES string of the molecule is CC(C)c1cc(C(=O)NCC(c2ccccc2F)N2CCCC2)n(C)n1. The summed E-state index contributed by atoms with van der Waals surface area (Å²) in [4.78, 5) is 14.9. The third-order valence-electron chi connectivity index (χ3n) is 5.02. The Morgan fingerprint density at radius 2 is 1.96 bits per heavy atom. The summed E-state index contributed by atoms with van der Waals surface area (Å²) in [5.74, 6) is -0.132. The molecule has 1 N–H and O–H groups in total. The molecule has 1 amide bonds. The van der Waals surface area contributed by atoms with Gasteiger partial charge in [-0.1, -0.05) is 32.0 Å². The molecule has 1 aromatic carbocycles. The van der Waals surface area contributed by atoms with Gasteiger partial charge in [0.25, 0.3) is 5.91 Å². The number of nitrogens with one attached hydrogen (secondary N) is 1. The maximum atomic E-state index is 14.3. The molecule has 0 saturated carbocycles. The predicted octanol–water partition coefficient (Wildman–Crippen LogP) is 3.25. The molecule has 0 aliphatic carbocycles. The van der Waals surface area contributed by atoms with Gasteiger partial charge in [-0.2, -0.15) is 5.10 Å². The molecule has 1 aliphatic rings. The highest BCUT2D eigenvalue weighted by Crippen LogP contribution is 2.26. The van der Waals surface area contributed by atoms with Crippen LogP contribution < -0.4 is 5.32 Å². The fraction of sp³-hybridized carbons (Fsp3) is 0.500. The highest BCUT2D eigenvalue weighted by Gasteiger charge is 2.26. The summed E-state index contributed by atoms with van der Waals surface area (Å²) in [6, 6.07) is 8.51. The molecule has 1 aliphatic heterocycles. The summed E-state index contributed by atoms with van der Waals surface area (Å²) in [7, 11) is 1.77. The van der Waals surface area contributed by atoms with E-state index in [1.54, 1.807) is 17.8 Å². The fourth-order valence-corrected chi connectivity index (χ4v) is 3.50. The molecule has 5 nitrogen and oxygen atoms in total. The van der Waals surface area contributed by atoms with Gasteiger partial charge in [-0.05, 0) is 44.0 Å². The first-order valence-corrected chi connectivity index (χ1v) is 9.28. The Morgan fingerprint density at radius 3 is 2.58 bits per heavy atom. The molecule has 1 aromatic heterocycles. The van der Waals surface area contributed by atoms with E-state index in [4.69, 9.17) is 0 Å². The average molecular weight is 358 g/mol. The first kappa shape index (κ1) is 18.6. The number of hydrogen-bond donors (Lipinski definition) is 1. The van der Waals surface area contributed by atoms with Crippen molar-refractivity contribution in [3.63, 3.8) is 0 Å². The number of likely N-dealkylation sites (tertiary alicyclic amines) is 1. The van der Waals surface area contributed by atoms with E-state index in [1.807, 2.05) is 32.0 Å². The van der Waals surface area contributed by atoms with E-state index in [0.717, 1.165) is 31.6 Å². The minimum atomic E-state index is -0.221. The van der Waals surface area contributed by atoms with E-state index in [2.05, 4.69) is 15.3 Å². The Morgan fingerprint density at radius 1 is 1.27 bits per heavy atom. The normalized spacial score (nSPS) is 16.2. The van der Waals surface area contributed by atoms with Crippen molar-refractivity contribution in [2.45, 2.75) is 38.6 Å². The van der Waals surface area contributed by atoms with Crippen LogP contribution in [0.25, 0.3) is 0 Å². The van der Waals surface area contributed by atoms with Crippen LogP contribution in [-0.4, -0.2) is 40.2 Å². The van der Waals surface area contributed by atoms with Crippen molar-refractivity contribution in [3.05, 3.63) is 53.1 Å². The van der Waals surface area contributed by atoms with Gasteiger partial charge < -0.3 is 5.32 Å². The number of hydrogen-bond acceptors (Lipinski definition) is 3. The Bertz CT molecular complexity index is 765. The molecule has 1 unspecified atom stereocenters. The standard InChI is InChI=1S/C20H27FN4O/c1-14(2)17-12-18(24(3)23-17)20(26)22-13-19(25-10-6-7-11-25)15-8-4-5-9-16(15)21/h4-5,8-9,12,14,19H,6-7,10-11,13H2,1-3H3,(H,22,26). The summed E-state index contributed by atoms with van der Waals surface area (Å²) < 4.78 is 16.0. The molecule has 1 atom stereocenters. The minimum absolute atomic E-state index is 0.152. The van der Waals surface area contributed by atoms with Gasteiger partial charge >= 0.3 is 0 Å². The van der Waals surface area contributed by atoms with Crippen LogP contribution in [0.2, 0.25) is 0 Å². The van der Waals surface area contributed by atoms with Crippen LogP contribution in [0.1, 0.15) is 60.4 Å². The molecule has 0 bridgehead atoms. The zero-order valence-corrected chi connectivity index (χ0v) is 15.7. The Labute approximate surface area is 154 Å². The Kier molecular flexibility index (Phi) is 5.71. The van der Waals surface area contributed by atoms with E-state index < -0.39 is 0 Å². The van der Waals surface area contributed by atoms with E-state index in [-0.39, 0.29) is 23.7 Å². The summed E-state index contributed by atoms with van der Waals surface area (Å²) in [5.41, 5.74) is 2.06. The van der Waals surface area contributed by atoms with Crippen molar-refractivity contribution >= 4 is 5.91 Å². The smallest absolute Gasteiger partial charge is 0.269 e. The summed E-state index contributed by atoms with van der Waals surface area (Å²) >= 11 is 0. The Balaban J connectivity index is 1.75. The topological polar surface area (TPSA) is 50.2 Å². The number of amides is 1. The number of halogens is 1. The number of carbonyl (C=O) groups excluding carboxylic acids is 1. The number of aryl methyl sites for hydroxylation is 1. The second-order valence-electron chi connectivity index (χ2n) is 7.22. The van der Waals surface area contributed by atoms with Crippen molar-refractivity contribution in [1.82, 2.24) is 20.0 Å². The highest BCUT2D eigenvalue weighted by molar-refractivity contribution is 5.92. The van der Waals surface area contributed by atoms with Crippen molar-refractivity contribution in [3.8, 4) is 0 Å². The lowest BCUT2D eigenvalue weighted by atomic mass is 10.0. The van der Waals surface area contributed by atoms with Gasteiger partial charge in [-0.3, -0.25) is 14.4 Å². The summed E-state index contributed by atoms with van der Waals surface area (Å²) in [6.45, 7) is 6.33. The van der Waals surface area contributed by atoms with Gasteiger partial charge in [0.2, 0.25) is 0 Å². The molecule has 140 valence electrons. The molecule has 0 radical (unpaired) electrons. The van der Waals surface area contributed by atoms with Crippen molar-refractivity contribution < 1.29 is 9.18 Å². The molecular formula is C20H27FN4O. The van der Waals surface area contributed by atoms with Crippen LogP contribution in [0.15, 0.2) is 30.3 Å². The monoisotopic (exact) mass is 358 g/mol. The lowest BCUT2D eigenvalue weighted by Crippen LogP contribution is -2.37. The summed E-state index contributed by atoms with van der Waals surface area (Å²) in [6.07, 6.45) is 2.22. The summed E-state index contributed by atoms with van der Waals surface area (Å²) in [5, 5.41) is 7.38. The average Bonchev–Trinajstić information content (AvgIpc) is 3.26. The van der Waals surface area contributed by atoms with Gasteiger partial charge in [-0.25, -0.2) is 4.39 Å². The van der Waals surface area contributed by atoms with Gasteiger partial charge in [0.15, 0.2) is 0 Å². The Hall–Kier alpha value is -2.21. The van der Waals surface area contributed by atoms with Crippen LogP contribution in [0.3, 0.4) is 0 Å². The van der Waals surface area contributed by atoms with Crippen LogP contribution in [0.4, 0.5) is 4.39 Å². The number of aromatic nitrogens is 2. The second-order valence-corrected chi connectivity index (χ2v) is 7.22. The first-order chi connectivity index (χ1) is 12.5. The number of benzene rings is 1. The highest BCUT2D eigenvalue weighted by atomic mass is 19.1. The van der Waals surface area contributed by atoms with Gasteiger partial charge in [0, 0.05) is 19.2 Å². The molecule has 0 spiro atoms. The van der Waals surface area contributed by atoms with Crippen molar-refractivity contribution in [2.24, 2.45) is 7.05 Å². The number of rotatable bonds is 6. The van der Waals surface area contributed by atoms with E-state index in [1.165, 1.54) is 6.07 Å². The lowest BCUT2D eigenvalue weighted by Gasteiger charge is -2.28. The van der Waals surface area contributed by atoms with Crippen molar-refractivity contribution in [1.29, 1.82) is 0 Å². The quantitative estimate of drug-likeness (QED) is 0.862. The fourth-order valence-electron chi connectivity index (χ4n) is 3.50. The third-order valence-corrected chi connectivity index (χ3v) is 5.02. The minimum Gasteiger partial charge on any atom is -0.349 e. The maximum Gasteiger partial charge on any atom is 0.269 e. The molecule has 26 heavy (non-hydrogen) atoms. The van der Waals surface area contributed by atoms with Crippen LogP contribution in [0.5, 0.6) is 0 Å². The van der Waals surface area contributed by atoms with E-state index >= 15 is 0 Å². The molecular weight excluding hydrogens is 331 g/mol. The van der Waals surface area contributed by atoms with E-state index in [9.17, 15) is 9.18 Å².